The molecule has 1 aromatic carbocycles. The van der Waals surface area contributed by atoms with Gasteiger partial charge in [0.1, 0.15) is 23.8 Å². The molecule has 0 aliphatic heterocycles. The molecule has 10 heteroatoms. The van der Waals surface area contributed by atoms with Crippen LogP contribution >= 0.6 is 0 Å². The Morgan fingerprint density at radius 1 is 1.00 bits per heavy atom. The van der Waals surface area contributed by atoms with Crippen LogP contribution in [0.2, 0.25) is 0 Å². The molecule has 0 saturated heterocycles. The van der Waals surface area contributed by atoms with Crippen LogP contribution in [0.15, 0.2) is 36.8 Å². The van der Waals surface area contributed by atoms with E-state index in [0.29, 0.717) is 17.9 Å². The zero-order chi connectivity index (χ0) is 23.8. The van der Waals surface area contributed by atoms with Gasteiger partial charge in [0.05, 0.1) is 34.3 Å². The summed E-state index contributed by atoms with van der Waals surface area (Å²) in [5, 5.41) is 12.9. The molecule has 2 aliphatic carbocycles. The van der Waals surface area contributed by atoms with Crippen molar-refractivity contribution in [3.8, 4) is 17.2 Å². The van der Waals surface area contributed by atoms with Gasteiger partial charge in [-0.3, -0.25) is 0 Å². The van der Waals surface area contributed by atoms with Crippen molar-refractivity contribution in [2.75, 3.05) is 0 Å². The van der Waals surface area contributed by atoms with Crippen molar-refractivity contribution in [1.29, 1.82) is 0 Å². The van der Waals surface area contributed by atoms with Gasteiger partial charge >= 0.3 is 0 Å². The van der Waals surface area contributed by atoms with Crippen LogP contribution in [0.4, 0.5) is 13.2 Å². The summed E-state index contributed by atoms with van der Waals surface area (Å²) in [5.41, 5.74) is 0.188. The fourth-order valence-corrected chi connectivity index (χ4v) is 5.92. The monoisotopic (exact) mass is 463 g/mol. The van der Waals surface area contributed by atoms with Crippen LogP contribution in [-0.4, -0.2) is 34.9 Å². The summed E-state index contributed by atoms with van der Waals surface area (Å²) < 4.78 is 45.6. The fraction of sp³-hybridized carbons (Fsp3) is 0.333. The molecule has 6 rings (SSSR count). The highest BCUT2D eigenvalue weighted by Gasteiger charge is 2.66. The zero-order valence-corrected chi connectivity index (χ0v) is 18.7. The first-order valence-electron chi connectivity index (χ1n) is 11.0. The number of rotatable bonds is 3. The molecule has 0 spiro atoms. The van der Waals surface area contributed by atoms with E-state index in [4.69, 9.17) is 0 Å². The second kappa shape index (κ2) is 6.91. The van der Waals surface area contributed by atoms with Gasteiger partial charge in [-0.25, -0.2) is 28.1 Å². The SMILES string of the molecule is Cc1ncn(-c2ncc(F)c([C@@]34CC[C@@H](c5cc(-c6c(F)cccc6F)nnc53)C4(C)C)n2)n1. The summed E-state index contributed by atoms with van der Waals surface area (Å²) in [6, 6.07) is 5.38. The molecule has 1 saturated carbocycles. The van der Waals surface area contributed by atoms with Gasteiger partial charge in [0.15, 0.2) is 5.82 Å². The Labute approximate surface area is 193 Å². The molecule has 2 bridgehead atoms. The van der Waals surface area contributed by atoms with E-state index in [1.54, 1.807) is 13.0 Å². The predicted molar refractivity (Wildman–Crippen MR) is 116 cm³/mol. The number of nitrogens with zero attached hydrogens (tertiary/aromatic N) is 7. The van der Waals surface area contributed by atoms with Gasteiger partial charge in [0.2, 0.25) is 0 Å². The Hall–Kier alpha value is -3.69. The lowest BCUT2D eigenvalue weighted by molar-refractivity contribution is 0.235. The normalized spacial score (nSPS) is 22.2. The van der Waals surface area contributed by atoms with Crippen molar-refractivity contribution >= 4 is 0 Å². The molecule has 0 N–H and O–H groups in total. The Morgan fingerprint density at radius 2 is 1.76 bits per heavy atom. The van der Waals surface area contributed by atoms with E-state index in [9.17, 15) is 8.78 Å². The third kappa shape index (κ3) is 2.59. The molecule has 3 heterocycles. The van der Waals surface area contributed by atoms with Crippen LogP contribution in [0.5, 0.6) is 0 Å². The first-order valence-corrected chi connectivity index (χ1v) is 11.0. The molecular weight excluding hydrogens is 443 g/mol. The summed E-state index contributed by atoms with van der Waals surface area (Å²) in [5.74, 6) is -1.22. The standard InChI is InChI=1S/C24H20F3N7/c1-12-29-11-34(33-12)22-28-10-17(27)21(30-22)24-8-7-14(23(24,2)3)13-9-18(31-32-20(13)24)19-15(25)5-4-6-16(19)26/h4-6,9-11,14H,7-8H2,1-3H3/t14-,24+/m0/s1. The van der Waals surface area contributed by atoms with Crippen LogP contribution in [0.1, 0.15) is 55.4 Å². The number of hydrogen-bond donors (Lipinski definition) is 0. The number of aryl methyl sites for hydroxylation is 1. The largest absolute Gasteiger partial charge is 0.252 e. The highest BCUT2D eigenvalue weighted by molar-refractivity contribution is 5.64. The minimum atomic E-state index is -0.871. The van der Waals surface area contributed by atoms with Gasteiger partial charge in [-0.05, 0) is 54.9 Å². The molecule has 34 heavy (non-hydrogen) atoms. The summed E-state index contributed by atoms with van der Waals surface area (Å²) in [6.45, 7) is 5.84. The van der Waals surface area contributed by atoms with Gasteiger partial charge in [0, 0.05) is 0 Å². The van der Waals surface area contributed by atoms with Crippen LogP contribution in [0, 0.1) is 29.8 Å². The van der Waals surface area contributed by atoms with Crippen LogP contribution in [-0.2, 0) is 5.41 Å². The number of hydrogen-bond acceptors (Lipinski definition) is 6. The second-order valence-corrected chi connectivity index (χ2v) is 9.45. The van der Waals surface area contributed by atoms with Gasteiger partial charge in [-0.2, -0.15) is 9.78 Å². The van der Waals surface area contributed by atoms with Crippen LogP contribution in [0.3, 0.4) is 0 Å². The molecule has 0 unspecified atom stereocenters. The first-order chi connectivity index (χ1) is 16.2. The van der Waals surface area contributed by atoms with E-state index < -0.39 is 28.3 Å². The van der Waals surface area contributed by atoms with Gasteiger partial charge in [0.25, 0.3) is 5.95 Å². The maximum Gasteiger partial charge on any atom is 0.252 e. The van der Waals surface area contributed by atoms with Crippen LogP contribution in [0.25, 0.3) is 17.2 Å². The number of aromatic nitrogens is 7. The topological polar surface area (TPSA) is 82.3 Å². The lowest BCUT2D eigenvalue weighted by atomic mass is 9.66. The number of halogens is 3. The smallest absolute Gasteiger partial charge is 0.220 e. The van der Waals surface area contributed by atoms with Gasteiger partial charge in [-0.15, -0.1) is 10.2 Å². The highest BCUT2D eigenvalue weighted by Crippen LogP contribution is 2.69. The molecule has 1 fully saturated rings. The Kier molecular flexibility index (Phi) is 4.24. The fourth-order valence-electron chi connectivity index (χ4n) is 5.92. The van der Waals surface area contributed by atoms with Crippen LogP contribution < -0.4 is 0 Å². The van der Waals surface area contributed by atoms with Gasteiger partial charge in [-0.1, -0.05) is 19.9 Å². The molecule has 172 valence electrons. The molecule has 7 nitrogen and oxygen atoms in total. The van der Waals surface area contributed by atoms with Crippen molar-refractivity contribution in [3.05, 3.63) is 77.0 Å². The minimum Gasteiger partial charge on any atom is -0.220 e. The third-order valence-electron chi connectivity index (χ3n) is 7.55. The molecule has 4 aromatic rings. The summed E-state index contributed by atoms with van der Waals surface area (Å²) >= 11 is 0. The van der Waals surface area contributed by atoms with Crippen molar-refractivity contribution in [2.45, 2.75) is 44.9 Å². The second-order valence-electron chi connectivity index (χ2n) is 9.45. The van der Waals surface area contributed by atoms with E-state index in [0.717, 1.165) is 18.2 Å². The molecule has 2 aliphatic rings. The van der Waals surface area contributed by atoms with Crippen molar-refractivity contribution in [3.63, 3.8) is 0 Å². The minimum absolute atomic E-state index is 0.00184. The maximum absolute atomic E-state index is 15.4. The summed E-state index contributed by atoms with van der Waals surface area (Å²) in [7, 11) is 0. The average molecular weight is 463 g/mol. The van der Waals surface area contributed by atoms with E-state index in [1.807, 2.05) is 0 Å². The van der Waals surface area contributed by atoms with E-state index in [1.165, 1.54) is 29.2 Å². The Morgan fingerprint density at radius 3 is 2.47 bits per heavy atom. The van der Waals surface area contributed by atoms with E-state index in [-0.39, 0.29) is 28.8 Å². The van der Waals surface area contributed by atoms with Gasteiger partial charge < -0.3 is 0 Å². The summed E-state index contributed by atoms with van der Waals surface area (Å²) in [4.78, 5) is 12.8. The Bertz CT molecular complexity index is 1440. The van der Waals surface area contributed by atoms with E-state index >= 15 is 4.39 Å². The average Bonchev–Trinajstić information content (AvgIpc) is 3.40. The van der Waals surface area contributed by atoms with Crippen molar-refractivity contribution in [2.24, 2.45) is 5.41 Å². The zero-order valence-electron chi connectivity index (χ0n) is 18.7. The van der Waals surface area contributed by atoms with Crippen molar-refractivity contribution in [1.82, 2.24) is 34.9 Å². The predicted octanol–water partition coefficient (Wildman–Crippen LogP) is 4.44. The highest BCUT2D eigenvalue weighted by atomic mass is 19.1. The summed E-state index contributed by atoms with van der Waals surface area (Å²) in [6.07, 6.45) is 3.99. The molecule has 0 radical (unpaired) electrons. The van der Waals surface area contributed by atoms with E-state index in [2.05, 4.69) is 44.1 Å². The number of fused-ring (bicyclic) bond motifs is 5. The Balaban J connectivity index is 1.56. The molecular formula is C24H20F3N7. The van der Waals surface area contributed by atoms with Crippen molar-refractivity contribution < 1.29 is 13.2 Å². The first kappa shape index (κ1) is 20.9. The quantitative estimate of drug-likeness (QED) is 0.447. The molecule has 3 aromatic heterocycles. The molecule has 0 amide bonds. The lowest BCUT2D eigenvalue weighted by Gasteiger charge is -2.37. The number of benzene rings is 1. The maximum atomic E-state index is 15.4. The third-order valence-corrected chi connectivity index (χ3v) is 7.55. The lowest BCUT2D eigenvalue weighted by Crippen LogP contribution is -2.39. The molecule has 2 atom stereocenters.